The summed E-state index contributed by atoms with van der Waals surface area (Å²) in [6.45, 7) is 0.655. The molecule has 0 saturated heterocycles. The zero-order valence-corrected chi connectivity index (χ0v) is 18.4. The molecule has 3 aliphatic heterocycles. The van der Waals surface area contributed by atoms with E-state index in [1.807, 2.05) is 54.6 Å². The van der Waals surface area contributed by atoms with E-state index in [1.54, 1.807) is 7.05 Å². The standard InChI is InChI=1S/C26H26N4O3/c1-30-25(28)29-26(33-30)15-24(20-11-12-31-22-8-3-2-7-19(20)22)32-23-10-9-17(14-21(23)26)16-5-4-6-18(27)13-16/h2-10,13-14,20,24H,11-12,15,27H2,1H3,(H2,28,29). The van der Waals surface area contributed by atoms with Gasteiger partial charge >= 0.3 is 0 Å². The van der Waals surface area contributed by atoms with Gasteiger partial charge in [-0.15, -0.1) is 0 Å². The minimum absolute atomic E-state index is 0.135. The molecule has 0 aliphatic carbocycles. The van der Waals surface area contributed by atoms with Crippen LogP contribution in [0.15, 0.2) is 71.7 Å². The van der Waals surface area contributed by atoms with Crippen LogP contribution >= 0.6 is 0 Å². The van der Waals surface area contributed by atoms with Gasteiger partial charge in [0, 0.05) is 30.6 Å². The van der Waals surface area contributed by atoms with Gasteiger partial charge in [-0.1, -0.05) is 36.4 Å². The Morgan fingerprint density at radius 2 is 1.82 bits per heavy atom. The number of ether oxygens (including phenoxy) is 2. The van der Waals surface area contributed by atoms with E-state index in [-0.39, 0.29) is 12.0 Å². The number of benzene rings is 3. The molecule has 3 aliphatic rings. The lowest BCUT2D eigenvalue weighted by Gasteiger charge is -2.41. The maximum atomic E-state index is 6.61. The number of aliphatic imine (C=N–C) groups is 1. The predicted molar refractivity (Wildman–Crippen MR) is 127 cm³/mol. The van der Waals surface area contributed by atoms with Crippen LogP contribution in [-0.4, -0.2) is 30.8 Å². The molecule has 3 atom stereocenters. The van der Waals surface area contributed by atoms with Crippen molar-refractivity contribution < 1.29 is 14.3 Å². The topological polar surface area (TPSA) is 95.3 Å². The molecule has 0 bridgehead atoms. The third-order valence-electron chi connectivity index (χ3n) is 6.74. The monoisotopic (exact) mass is 442 g/mol. The number of fused-ring (bicyclic) bond motifs is 3. The number of anilines is 1. The summed E-state index contributed by atoms with van der Waals surface area (Å²) in [7, 11) is 1.78. The van der Waals surface area contributed by atoms with E-state index in [0.29, 0.717) is 24.7 Å². The third kappa shape index (κ3) is 3.27. The van der Waals surface area contributed by atoms with E-state index in [2.05, 4.69) is 12.1 Å². The van der Waals surface area contributed by atoms with E-state index in [4.69, 9.17) is 30.8 Å². The Labute approximate surface area is 192 Å². The summed E-state index contributed by atoms with van der Waals surface area (Å²) in [6.07, 6.45) is 1.28. The van der Waals surface area contributed by atoms with Crippen LogP contribution in [0.25, 0.3) is 11.1 Å². The van der Waals surface area contributed by atoms with Gasteiger partial charge in [0.15, 0.2) is 0 Å². The van der Waals surface area contributed by atoms with E-state index < -0.39 is 5.72 Å². The molecule has 0 amide bonds. The first-order valence-corrected chi connectivity index (χ1v) is 11.2. The van der Waals surface area contributed by atoms with E-state index >= 15 is 0 Å². The van der Waals surface area contributed by atoms with Crippen LogP contribution in [-0.2, 0) is 10.6 Å². The highest BCUT2D eigenvalue weighted by Gasteiger charge is 2.51. The van der Waals surface area contributed by atoms with Gasteiger partial charge in [-0.05, 0) is 47.9 Å². The Balaban J connectivity index is 1.45. The first kappa shape index (κ1) is 19.9. The van der Waals surface area contributed by atoms with Crippen molar-refractivity contribution in [2.24, 2.45) is 10.7 Å². The molecule has 168 valence electrons. The van der Waals surface area contributed by atoms with Crippen molar-refractivity contribution in [3.8, 4) is 22.6 Å². The summed E-state index contributed by atoms with van der Waals surface area (Å²) in [5, 5.41) is 1.54. The number of para-hydroxylation sites is 1. The lowest BCUT2D eigenvalue weighted by Crippen LogP contribution is -2.42. The van der Waals surface area contributed by atoms with Crippen molar-refractivity contribution in [2.45, 2.75) is 30.6 Å². The summed E-state index contributed by atoms with van der Waals surface area (Å²) < 4.78 is 12.5. The largest absolute Gasteiger partial charge is 0.493 e. The number of hydrogen-bond acceptors (Lipinski definition) is 7. The molecule has 33 heavy (non-hydrogen) atoms. The molecule has 0 saturated carbocycles. The van der Waals surface area contributed by atoms with E-state index in [9.17, 15) is 0 Å². The van der Waals surface area contributed by atoms with Gasteiger partial charge in [-0.3, -0.25) is 0 Å². The summed E-state index contributed by atoms with van der Waals surface area (Å²) in [5.74, 6) is 2.19. The number of guanidine groups is 1. The number of nitrogens with zero attached hydrogens (tertiary/aromatic N) is 2. The Bertz CT molecular complexity index is 1260. The first-order chi connectivity index (χ1) is 16.0. The van der Waals surface area contributed by atoms with Crippen LogP contribution < -0.4 is 20.9 Å². The Kier molecular flexibility index (Phi) is 4.48. The Morgan fingerprint density at radius 3 is 2.64 bits per heavy atom. The van der Waals surface area contributed by atoms with Crippen molar-refractivity contribution in [1.82, 2.24) is 5.06 Å². The van der Waals surface area contributed by atoms with Crippen LogP contribution in [0.3, 0.4) is 0 Å². The SMILES string of the molecule is CN1OC2(CC(C3CCOc4ccccc43)Oc3ccc(-c4cccc(N)c4)cc32)N=C1N. The smallest absolute Gasteiger partial charge is 0.221 e. The van der Waals surface area contributed by atoms with Crippen LogP contribution in [0.1, 0.15) is 29.9 Å². The van der Waals surface area contributed by atoms with Crippen LogP contribution in [0.5, 0.6) is 11.5 Å². The number of hydroxylamine groups is 2. The molecular weight excluding hydrogens is 416 g/mol. The highest BCUT2D eigenvalue weighted by Crippen LogP contribution is 2.51. The highest BCUT2D eigenvalue weighted by atomic mass is 16.7. The van der Waals surface area contributed by atoms with Gasteiger partial charge in [-0.2, -0.15) is 0 Å². The second-order valence-electron chi connectivity index (χ2n) is 8.82. The van der Waals surface area contributed by atoms with Crippen molar-refractivity contribution in [3.05, 3.63) is 77.9 Å². The minimum atomic E-state index is -0.944. The fraction of sp³-hybridized carbons (Fsp3) is 0.269. The zero-order valence-electron chi connectivity index (χ0n) is 18.4. The normalized spacial score (nSPS) is 25.6. The average molecular weight is 443 g/mol. The molecule has 0 aromatic heterocycles. The second-order valence-corrected chi connectivity index (χ2v) is 8.82. The van der Waals surface area contributed by atoms with Crippen LogP contribution in [0.4, 0.5) is 5.69 Å². The molecule has 3 aromatic rings. The van der Waals surface area contributed by atoms with Crippen LogP contribution in [0.2, 0.25) is 0 Å². The summed E-state index contributed by atoms with van der Waals surface area (Å²) in [6, 6.07) is 22.1. The van der Waals surface area contributed by atoms with Gasteiger partial charge in [-0.25, -0.2) is 14.9 Å². The second kappa shape index (κ2) is 7.42. The van der Waals surface area contributed by atoms with E-state index in [1.165, 1.54) is 5.06 Å². The molecule has 3 aromatic carbocycles. The number of nitrogen functional groups attached to an aromatic ring is 1. The first-order valence-electron chi connectivity index (χ1n) is 11.2. The molecule has 4 N–H and O–H groups in total. The molecule has 6 rings (SSSR count). The molecule has 0 radical (unpaired) electrons. The predicted octanol–water partition coefficient (Wildman–Crippen LogP) is 4.00. The van der Waals surface area contributed by atoms with Crippen molar-refractivity contribution in [1.29, 1.82) is 0 Å². The minimum Gasteiger partial charge on any atom is -0.493 e. The average Bonchev–Trinajstić information content (AvgIpc) is 3.11. The van der Waals surface area contributed by atoms with Gasteiger partial charge in [0.25, 0.3) is 0 Å². The molecule has 3 heterocycles. The van der Waals surface area contributed by atoms with E-state index in [0.717, 1.165) is 40.2 Å². The van der Waals surface area contributed by atoms with Gasteiger partial charge in [0.2, 0.25) is 11.7 Å². The van der Waals surface area contributed by atoms with Gasteiger partial charge < -0.3 is 20.9 Å². The van der Waals surface area contributed by atoms with Gasteiger partial charge in [0.05, 0.1) is 12.2 Å². The number of rotatable bonds is 2. The number of hydrogen-bond donors (Lipinski definition) is 2. The summed E-state index contributed by atoms with van der Waals surface area (Å²) in [4.78, 5) is 11.1. The maximum Gasteiger partial charge on any atom is 0.221 e. The fourth-order valence-corrected chi connectivity index (χ4v) is 5.14. The fourth-order valence-electron chi connectivity index (χ4n) is 5.14. The van der Waals surface area contributed by atoms with Crippen molar-refractivity contribution in [3.63, 3.8) is 0 Å². The Hall–Kier alpha value is -3.71. The van der Waals surface area contributed by atoms with Crippen LogP contribution in [0, 0.1) is 0 Å². The molecular formula is C26H26N4O3. The molecule has 1 spiro atoms. The maximum absolute atomic E-state index is 6.61. The zero-order chi connectivity index (χ0) is 22.6. The quantitative estimate of drug-likeness (QED) is 0.583. The number of nitrogens with two attached hydrogens (primary N) is 2. The molecule has 3 unspecified atom stereocenters. The van der Waals surface area contributed by atoms with Crippen molar-refractivity contribution in [2.75, 3.05) is 19.4 Å². The summed E-state index contributed by atoms with van der Waals surface area (Å²) in [5.41, 5.74) is 16.0. The molecule has 0 fully saturated rings. The Morgan fingerprint density at radius 1 is 0.970 bits per heavy atom. The molecule has 7 heteroatoms. The van der Waals surface area contributed by atoms with Crippen molar-refractivity contribution >= 4 is 11.6 Å². The third-order valence-corrected chi connectivity index (χ3v) is 6.74. The summed E-state index contributed by atoms with van der Waals surface area (Å²) >= 11 is 0. The lowest BCUT2D eigenvalue weighted by atomic mass is 9.81. The van der Waals surface area contributed by atoms with Gasteiger partial charge in [0.1, 0.15) is 17.6 Å². The lowest BCUT2D eigenvalue weighted by molar-refractivity contribution is -0.192. The highest BCUT2D eigenvalue weighted by molar-refractivity contribution is 5.79. The molecule has 7 nitrogen and oxygen atoms in total.